The van der Waals surface area contributed by atoms with Crippen molar-refractivity contribution < 1.29 is 14.7 Å². The van der Waals surface area contributed by atoms with Crippen molar-refractivity contribution in [2.24, 2.45) is 34.3 Å². The molecule has 8 atom stereocenters. The number of rotatable bonds is 6. The summed E-state index contributed by atoms with van der Waals surface area (Å²) in [6, 6.07) is 2.09. The van der Waals surface area contributed by atoms with Gasteiger partial charge >= 0.3 is 0 Å². The molecular formula is C26H44N2O3. The zero-order valence-electron chi connectivity index (χ0n) is 20.1. The molecule has 5 nitrogen and oxygen atoms in total. The Balaban J connectivity index is 1.61. The average Bonchev–Trinajstić information content (AvgIpc) is 3.23. The highest BCUT2D eigenvalue weighted by Crippen LogP contribution is 2.67. The van der Waals surface area contributed by atoms with E-state index in [0.717, 1.165) is 75.7 Å². The molecule has 176 valence electrons. The van der Waals surface area contributed by atoms with Crippen LogP contribution in [-0.2, 0) is 6.42 Å². The highest BCUT2D eigenvalue weighted by Gasteiger charge is 2.64. The first-order chi connectivity index (χ1) is 14.7. The lowest BCUT2D eigenvalue weighted by atomic mass is 9.41. The molecule has 4 N–H and O–H groups in total. The zero-order valence-corrected chi connectivity index (χ0v) is 20.1. The highest BCUT2D eigenvalue weighted by molar-refractivity contribution is 5.21. The van der Waals surface area contributed by atoms with Crippen LogP contribution in [0.2, 0.25) is 0 Å². The molecule has 3 aliphatic carbocycles. The number of aromatic nitrogens is 1. The molecule has 1 heterocycles. The van der Waals surface area contributed by atoms with E-state index in [4.69, 9.17) is 10.3 Å². The second kappa shape index (κ2) is 8.46. The molecule has 1 aromatic heterocycles. The number of aliphatic hydroxyl groups excluding tert-OH is 1. The minimum atomic E-state index is -0.713. The fraction of sp³-hybridized carbons (Fsp3) is 0.885. The summed E-state index contributed by atoms with van der Waals surface area (Å²) in [5.74, 6) is 2.49. The molecule has 0 spiro atoms. The van der Waals surface area contributed by atoms with E-state index in [1.807, 2.05) is 0 Å². The van der Waals surface area contributed by atoms with E-state index in [0.29, 0.717) is 24.3 Å². The lowest BCUT2D eigenvalue weighted by Gasteiger charge is -2.65. The van der Waals surface area contributed by atoms with Crippen LogP contribution in [0.15, 0.2) is 10.6 Å². The summed E-state index contributed by atoms with van der Waals surface area (Å²) < 4.78 is 5.62. The molecule has 31 heavy (non-hydrogen) atoms. The van der Waals surface area contributed by atoms with Crippen LogP contribution in [0.1, 0.15) is 103 Å². The van der Waals surface area contributed by atoms with Crippen molar-refractivity contribution in [2.75, 3.05) is 6.54 Å². The van der Waals surface area contributed by atoms with Crippen molar-refractivity contribution in [2.45, 2.75) is 110 Å². The quantitative estimate of drug-likeness (QED) is 0.600. The molecule has 0 saturated heterocycles. The second-order valence-electron chi connectivity index (χ2n) is 11.5. The normalized spacial score (nSPS) is 43.8. The Morgan fingerprint density at radius 1 is 1.19 bits per heavy atom. The largest absolute Gasteiger partial charge is 0.393 e. The van der Waals surface area contributed by atoms with Crippen LogP contribution in [0, 0.1) is 28.6 Å². The maximum atomic E-state index is 12.4. The number of nitrogens with zero attached hydrogens (tertiary/aromatic N) is 1. The van der Waals surface area contributed by atoms with Gasteiger partial charge < -0.3 is 20.5 Å². The van der Waals surface area contributed by atoms with E-state index in [2.05, 4.69) is 38.9 Å². The van der Waals surface area contributed by atoms with Crippen LogP contribution in [0.5, 0.6) is 0 Å². The fourth-order valence-corrected chi connectivity index (χ4v) is 8.08. The zero-order chi connectivity index (χ0) is 22.4. The van der Waals surface area contributed by atoms with Crippen LogP contribution in [0.25, 0.3) is 0 Å². The van der Waals surface area contributed by atoms with Crippen molar-refractivity contribution in [3.8, 4) is 0 Å². The molecule has 4 rings (SSSR count). The van der Waals surface area contributed by atoms with Gasteiger partial charge in [0.25, 0.3) is 0 Å². The van der Waals surface area contributed by atoms with Crippen molar-refractivity contribution in [3.05, 3.63) is 17.5 Å². The summed E-state index contributed by atoms with van der Waals surface area (Å²) in [6.45, 7) is 9.81. The van der Waals surface area contributed by atoms with E-state index >= 15 is 0 Å². The van der Waals surface area contributed by atoms with Gasteiger partial charge in [0.05, 0.1) is 17.4 Å². The third-order valence-electron chi connectivity index (χ3n) is 10.4. The molecule has 2 unspecified atom stereocenters. The van der Waals surface area contributed by atoms with E-state index in [9.17, 15) is 10.2 Å². The summed E-state index contributed by atoms with van der Waals surface area (Å²) >= 11 is 0. The maximum Gasteiger partial charge on any atom is 0.137 e. The van der Waals surface area contributed by atoms with Crippen molar-refractivity contribution in [1.29, 1.82) is 0 Å². The number of hydrogen-bond donors (Lipinski definition) is 3. The Bertz CT molecular complexity index is 766. The SMILES string of the molecule is CC[C@]1(O)C2CC[C@@H]3C[C@@H](O)CC[C@]3(C)C2CC[C@]1(C)[C@H](C)c1cc(CCCN)on1. The maximum absolute atomic E-state index is 12.4. The highest BCUT2D eigenvalue weighted by atomic mass is 16.5. The lowest BCUT2D eigenvalue weighted by molar-refractivity contribution is -0.222. The van der Waals surface area contributed by atoms with Crippen LogP contribution < -0.4 is 5.73 Å². The van der Waals surface area contributed by atoms with Crippen LogP contribution in [-0.4, -0.2) is 33.6 Å². The van der Waals surface area contributed by atoms with Gasteiger partial charge in [0.2, 0.25) is 0 Å². The van der Waals surface area contributed by atoms with Crippen molar-refractivity contribution in [1.82, 2.24) is 5.16 Å². The van der Waals surface area contributed by atoms with Gasteiger partial charge in [0.15, 0.2) is 0 Å². The van der Waals surface area contributed by atoms with Gasteiger partial charge in [-0.2, -0.15) is 0 Å². The first-order valence-electron chi connectivity index (χ1n) is 12.8. The monoisotopic (exact) mass is 432 g/mol. The summed E-state index contributed by atoms with van der Waals surface area (Å²) in [6.07, 6.45) is 9.70. The standard InChI is InChI=1S/C26H44N2O3/c1-5-26(30)22-9-8-18-15-19(29)10-12-24(18,3)21(22)11-13-25(26,4)17(2)23-16-20(31-28-23)7-6-14-27/h16-19,21-22,29-30H,5-15,27H2,1-4H3/t17-,18-,19+,21?,22?,24+,25-,26+/m1/s1. The molecule has 1 aromatic rings. The summed E-state index contributed by atoms with van der Waals surface area (Å²) in [5.41, 5.74) is 5.93. The van der Waals surface area contributed by atoms with Crippen molar-refractivity contribution in [3.63, 3.8) is 0 Å². The lowest BCUT2D eigenvalue weighted by Crippen LogP contribution is -2.64. The van der Waals surface area contributed by atoms with Crippen LogP contribution in [0.3, 0.4) is 0 Å². The predicted octanol–water partition coefficient (Wildman–Crippen LogP) is 4.80. The Morgan fingerprint density at radius 3 is 2.68 bits per heavy atom. The Kier molecular flexibility index (Phi) is 6.35. The van der Waals surface area contributed by atoms with Gasteiger partial charge in [-0.25, -0.2) is 0 Å². The first-order valence-corrected chi connectivity index (χ1v) is 12.8. The topological polar surface area (TPSA) is 92.5 Å². The number of fused-ring (bicyclic) bond motifs is 3. The van der Waals surface area contributed by atoms with Gasteiger partial charge in [-0.1, -0.05) is 32.9 Å². The molecule has 0 amide bonds. The van der Waals surface area contributed by atoms with Gasteiger partial charge in [-0.05, 0) is 87.5 Å². The van der Waals surface area contributed by atoms with Gasteiger partial charge in [-0.3, -0.25) is 0 Å². The Labute approximate surface area is 188 Å². The number of aryl methyl sites for hydroxylation is 1. The molecule has 5 heteroatoms. The van der Waals surface area contributed by atoms with Gasteiger partial charge in [0, 0.05) is 23.8 Å². The molecule has 0 aliphatic heterocycles. The molecule has 0 radical (unpaired) electrons. The second-order valence-corrected chi connectivity index (χ2v) is 11.5. The summed E-state index contributed by atoms with van der Waals surface area (Å²) in [4.78, 5) is 0. The predicted molar refractivity (Wildman–Crippen MR) is 123 cm³/mol. The van der Waals surface area contributed by atoms with Gasteiger partial charge in [-0.15, -0.1) is 0 Å². The third kappa shape index (κ3) is 3.59. The molecule has 3 fully saturated rings. The molecule has 3 aliphatic rings. The number of nitrogens with two attached hydrogens (primary N) is 1. The van der Waals surface area contributed by atoms with Gasteiger partial charge in [0.1, 0.15) is 5.76 Å². The van der Waals surface area contributed by atoms with Crippen LogP contribution >= 0.6 is 0 Å². The Hall–Kier alpha value is -0.910. The van der Waals surface area contributed by atoms with E-state index in [1.165, 1.54) is 0 Å². The van der Waals surface area contributed by atoms with E-state index in [1.54, 1.807) is 0 Å². The molecule has 0 bridgehead atoms. The van der Waals surface area contributed by atoms with E-state index < -0.39 is 5.60 Å². The minimum absolute atomic E-state index is 0.130. The first kappa shape index (κ1) is 23.3. The number of aliphatic hydroxyl groups is 2. The van der Waals surface area contributed by atoms with Crippen molar-refractivity contribution >= 4 is 0 Å². The van der Waals surface area contributed by atoms with E-state index in [-0.39, 0.29) is 22.9 Å². The molecule has 0 aromatic carbocycles. The minimum Gasteiger partial charge on any atom is -0.393 e. The third-order valence-corrected chi connectivity index (χ3v) is 10.4. The smallest absolute Gasteiger partial charge is 0.137 e. The Morgan fingerprint density at radius 2 is 1.97 bits per heavy atom. The number of hydrogen-bond acceptors (Lipinski definition) is 5. The summed E-state index contributed by atoms with van der Waals surface area (Å²) in [5, 5.41) is 27.1. The fourth-order valence-electron chi connectivity index (χ4n) is 8.08. The molecular weight excluding hydrogens is 388 g/mol. The average molecular weight is 433 g/mol. The summed E-state index contributed by atoms with van der Waals surface area (Å²) in [7, 11) is 0. The molecule has 3 saturated carbocycles. The van der Waals surface area contributed by atoms with Crippen LogP contribution in [0.4, 0.5) is 0 Å².